The summed E-state index contributed by atoms with van der Waals surface area (Å²) < 4.78 is 6.01. The molecule has 12 N–H and O–H groups in total. The Balaban J connectivity index is 1.27. The zero-order valence-electron chi connectivity index (χ0n) is 42.8. The second-order valence-corrected chi connectivity index (χ2v) is 20.0. The van der Waals surface area contributed by atoms with Crippen molar-refractivity contribution in [3.63, 3.8) is 0 Å². The summed E-state index contributed by atoms with van der Waals surface area (Å²) in [6.07, 6.45) is 5.59. The molecule has 0 unspecified atom stereocenters. The van der Waals surface area contributed by atoms with E-state index >= 15 is 0 Å². The number of rotatable bonds is 18. The van der Waals surface area contributed by atoms with E-state index in [-0.39, 0.29) is 75.9 Å². The number of nitrogens with zero attached hydrogens (tertiary/aromatic N) is 2. The molecule has 20 nitrogen and oxygen atoms in total. The third kappa shape index (κ3) is 15.8. The molecule has 3 heterocycles. The second-order valence-electron chi connectivity index (χ2n) is 20.0. The van der Waals surface area contributed by atoms with Gasteiger partial charge in [0.25, 0.3) is 5.91 Å². The minimum atomic E-state index is -1.61. The molecule has 0 saturated carbocycles. The third-order valence-electron chi connectivity index (χ3n) is 14.1. The van der Waals surface area contributed by atoms with Crippen LogP contribution in [-0.2, 0) is 35.2 Å². The summed E-state index contributed by atoms with van der Waals surface area (Å²) in [7, 11) is 0. The Hall–Kier alpha value is -6.35. The van der Waals surface area contributed by atoms with Gasteiger partial charge in [-0.1, -0.05) is 63.3 Å². The molecule has 9 atom stereocenters. The molecule has 3 fully saturated rings. The summed E-state index contributed by atoms with van der Waals surface area (Å²) in [5, 5.41) is 47.2. The van der Waals surface area contributed by atoms with Crippen LogP contribution in [0.4, 0.5) is 0 Å². The van der Waals surface area contributed by atoms with E-state index in [0.29, 0.717) is 31.7 Å². The Morgan fingerprint density at radius 3 is 2.20 bits per heavy atom. The Labute approximate surface area is 433 Å². The number of benzene rings is 3. The van der Waals surface area contributed by atoms with Crippen LogP contribution >= 0.6 is 0 Å². The van der Waals surface area contributed by atoms with E-state index in [4.69, 9.17) is 16.2 Å². The quantitative estimate of drug-likeness (QED) is 0.0814. The lowest BCUT2D eigenvalue weighted by Gasteiger charge is -2.32. The predicted octanol–water partition coefficient (Wildman–Crippen LogP) is 1.78. The van der Waals surface area contributed by atoms with Crippen LogP contribution in [0.25, 0.3) is 10.8 Å². The average Bonchev–Trinajstić information content (AvgIpc) is 3.98. The van der Waals surface area contributed by atoms with Crippen LogP contribution in [0.15, 0.2) is 60.7 Å². The number of amides is 7. The molecular weight excluding hydrogens is 951 g/mol. The Bertz CT molecular complexity index is 2400. The third-order valence-corrected chi connectivity index (χ3v) is 14.1. The van der Waals surface area contributed by atoms with Gasteiger partial charge in [-0.05, 0) is 124 Å². The number of nitrogens with one attached hydrogen (secondary N) is 5. The van der Waals surface area contributed by atoms with Crippen molar-refractivity contribution in [1.29, 1.82) is 0 Å². The molecule has 3 aromatic carbocycles. The molecule has 0 aromatic heterocycles. The highest BCUT2D eigenvalue weighted by Crippen LogP contribution is 2.25. The van der Waals surface area contributed by atoms with E-state index in [1.54, 1.807) is 30.3 Å². The summed E-state index contributed by atoms with van der Waals surface area (Å²) in [5.41, 5.74) is 13.1. The van der Waals surface area contributed by atoms with Crippen molar-refractivity contribution in [2.75, 3.05) is 32.8 Å². The van der Waals surface area contributed by atoms with Crippen molar-refractivity contribution in [2.45, 2.75) is 165 Å². The van der Waals surface area contributed by atoms with Crippen molar-refractivity contribution in [2.24, 2.45) is 11.5 Å². The lowest BCUT2D eigenvalue weighted by molar-refractivity contribution is -0.144. The van der Waals surface area contributed by atoms with Crippen LogP contribution in [0.2, 0.25) is 0 Å². The summed E-state index contributed by atoms with van der Waals surface area (Å²) in [6, 6.07) is 8.54. The van der Waals surface area contributed by atoms with Crippen molar-refractivity contribution < 1.29 is 53.6 Å². The first-order valence-corrected chi connectivity index (χ1v) is 26.4. The van der Waals surface area contributed by atoms with Crippen LogP contribution in [-0.4, -0.2) is 154 Å². The van der Waals surface area contributed by atoms with Gasteiger partial charge in [-0.3, -0.25) is 33.6 Å². The van der Waals surface area contributed by atoms with Gasteiger partial charge in [0.15, 0.2) is 0 Å². The average molecular weight is 1030 g/mol. The standard InChI is InChI=1S/C54H77N9O11/c1-3-4-5-6-7-10-26-74-41-22-19-35-27-37(18-17-36(35)28-41)48(67)58-42-13-11-25-57-51(70)46-30-40(66)32-63(46)53(72)44(12-8-9-24-55)60-49(68)43(23-16-34-14-20-39(65)21-15-34)59-52(71)45-29-38(56)31-62(45)54(73)47(33(2)64)61-50(42)69/h14-15,17-22,27-28,33,38,40,42-47,64-66H,3-13,16,23-26,29-32,55-56H2,1-2H3,(H,57,70)(H,58,67)(H,59,71)(H,60,68)(H,61,69)/t33-,38+,40+,42+,43+,44+,45+,46+,47+/m1/s1. The predicted molar refractivity (Wildman–Crippen MR) is 277 cm³/mol. The lowest BCUT2D eigenvalue weighted by atomic mass is 10.0. The minimum absolute atomic E-state index is 0.0140. The number of hydrogen-bond donors (Lipinski definition) is 10. The van der Waals surface area contributed by atoms with Gasteiger partial charge in [-0.2, -0.15) is 0 Å². The topological polar surface area (TPSA) is 308 Å². The maximum atomic E-state index is 14.5. The number of ether oxygens (including phenoxy) is 1. The molecule has 0 bridgehead atoms. The van der Waals surface area contributed by atoms with Gasteiger partial charge in [-0.25, -0.2) is 0 Å². The smallest absolute Gasteiger partial charge is 0.251 e. The monoisotopic (exact) mass is 1030 g/mol. The van der Waals surface area contributed by atoms with Crippen molar-refractivity contribution in [3.05, 3.63) is 71.8 Å². The van der Waals surface area contributed by atoms with Gasteiger partial charge in [0.1, 0.15) is 47.8 Å². The molecular formula is C54H77N9O11. The second kappa shape index (κ2) is 27.8. The SMILES string of the molecule is CCCCCCCCOc1ccc2cc(C(=O)N[C@H]3CCCNC(=O)[C@@H]4C[C@H](O)CN4C(=O)[C@H](CCCCN)NC(=O)[C@H](CCc4ccc(O)cc4)NC(=O)[C@@H]4C[C@H](N)CN4C(=O)[C@H]([C@@H](C)O)NC3=O)ccc2c1. The van der Waals surface area contributed by atoms with Crippen molar-refractivity contribution >= 4 is 52.1 Å². The molecule has 0 radical (unpaired) electrons. The Morgan fingerprint density at radius 1 is 0.770 bits per heavy atom. The first-order valence-electron chi connectivity index (χ1n) is 26.4. The normalized spacial score (nSPS) is 25.0. The number of nitrogens with two attached hydrogens (primary N) is 2. The maximum Gasteiger partial charge on any atom is 0.251 e. The van der Waals surface area contributed by atoms with Gasteiger partial charge in [0, 0.05) is 37.7 Å². The van der Waals surface area contributed by atoms with Gasteiger partial charge in [-0.15, -0.1) is 0 Å². The van der Waals surface area contributed by atoms with Gasteiger partial charge >= 0.3 is 0 Å². The van der Waals surface area contributed by atoms with E-state index in [0.717, 1.165) is 34.1 Å². The van der Waals surface area contributed by atoms with E-state index < -0.39 is 95.9 Å². The zero-order valence-corrected chi connectivity index (χ0v) is 42.8. The van der Waals surface area contributed by atoms with Crippen LogP contribution in [0.3, 0.4) is 0 Å². The van der Waals surface area contributed by atoms with Crippen LogP contribution in [0.5, 0.6) is 11.5 Å². The molecule has 3 aromatic rings. The van der Waals surface area contributed by atoms with Gasteiger partial charge in [0.2, 0.25) is 35.4 Å². The van der Waals surface area contributed by atoms with Crippen LogP contribution in [0, 0.1) is 0 Å². The summed E-state index contributed by atoms with van der Waals surface area (Å²) >= 11 is 0. The Kier molecular flexibility index (Phi) is 21.4. The maximum absolute atomic E-state index is 14.5. The van der Waals surface area contributed by atoms with E-state index in [9.17, 15) is 48.9 Å². The fourth-order valence-electron chi connectivity index (χ4n) is 9.89. The summed E-state index contributed by atoms with van der Waals surface area (Å²) in [5.74, 6) is -4.18. The molecule has 7 amide bonds. The first-order chi connectivity index (χ1) is 35.6. The lowest BCUT2D eigenvalue weighted by Crippen LogP contribution is -2.61. The first kappa shape index (κ1) is 56.9. The van der Waals surface area contributed by atoms with Gasteiger partial charge in [0.05, 0.1) is 18.8 Å². The number of carbonyl (C=O) groups is 7. The molecule has 20 heteroatoms. The number of fused-ring (bicyclic) bond motifs is 3. The summed E-state index contributed by atoms with van der Waals surface area (Å²) in [6.45, 7) is 4.06. The van der Waals surface area contributed by atoms with Crippen molar-refractivity contribution in [3.8, 4) is 11.5 Å². The number of carbonyl (C=O) groups excluding carboxylic acids is 7. The highest BCUT2D eigenvalue weighted by atomic mass is 16.5. The molecule has 3 aliphatic rings. The fourth-order valence-corrected chi connectivity index (χ4v) is 9.89. The molecule has 3 saturated heterocycles. The number of aromatic hydroxyl groups is 1. The zero-order chi connectivity index (χ0) is 53.3. The van der Waals surface area contributed by atoms with Crippen LogP contribution < -0.4 is 42.8 Å². The number of aliphatic hydroxyl groups is 2. The largest absolute Gasteiger partial charge is 0.508 e. The number of aliphatic hydroxyl groups excluding tert-OH is 2. The minimum Gasteiger partial charge on any atom is -0.508 e. The molecule has 0 aliphatic carbocycles. The van der Waals surface area contributed by atoms with Crippen molar-refractivity contribution in [1.82, 2.24) is 36.4 Å². The highest BCUT2D eigenvalue weighted by molar-refractivity contribution is 6.02. The van der Waals surface area contributed by atoms with Gasteiger partial charge < -0.3 is 67.9 Å². The number of aryl methyl sites for hydroxylation is 1. The molecule has 3 aliphatic heterocycles. The number of phenols is 1. The van der Waals surface area contributed by atoms with E-state index in [1.807, 2.05) is 18.2 Å². The molecule has 0 spiro atoms. The fraction of sp³-hybridized carbons (Fsp3) is 0.574. The molecule has 6 rings (SSSR count). The van der Waals surface area contributed by atoms with Crippen LogP contribution in [0.1, 0.15) is 120 Å². The Morgan fingerprint density at radius 2 is 1.46 bits per heavy atom. The van der Waals surface area contributed by atoms with E-state index in [2.05, 4.69) is 33.5 Å². The highest BCUT2D eigenvalue weighted by Gasteiger charge is 2.45. The number of hydrogen-bond acceptors (Lipinski definition) is 13. The molecule has 74 heavy (non-hydrogen) atoms. The number of phenolic OH excluding ortho intramolecular Hbond substituents is 1. The number of unbranched alkanes of at least 4 members (excludes halogenated alkanes) is 6. The molecule has 404 valence electrons. The van der Waals surface area contributed by atoms with E-state index in [1.165, 1.54) is 49.6 Å². The summed E-state index contributed by atoms with van der Waals surface area (Å²) in [4.78, 5) is 102.